The van der Waals surface area contributed by atoms with Crippen LogP contribution in [0.15, 0.2) is 47.6 Å². The summed E-state index contributed by atoms with van der Waals surface area (Å²) >= 11 is 0. The molecule has 8 heteroatoms. The van der Waals surface area contributed by atoms with Crippen LogP contribution in [0.4, 0.5) is 18.9 Å². The van der Waals surface area contributed by atoms with Crippen molar-refractivity contribution in [3.05, 3.63) is 53.6 Å². The first-order valence-corrected chi connectivity index (χ1v) is 7.19. The van der Waals surface area contributed by atoms with Gasteiger partial charge in [-0.15, -0.1) is 0 Å². The lowest BCUT2D eigenvalue weighted by Gasteiger charge is -2.16. The maximum atomic E-state index is 13.5. The van der Waals surface area contributed by atoms with Crippen LogP contribution < -0.4 is 11.2 Å². The van der Waals surface area contributed by atoms with E-state index in [-0.39, 0.29) is 23.4 Å². The van der Waals surface area contributed by atoms with E-state index in [9.17, 15) is 18.0 Å². The third kappa shape index (κ3) is 4.57. The highest BCUT2D eigenvalue weighted by atomic mass is 19.4. The standard InChI is InChI=1S/C17H16F3N3O2/c1-25-9-16(23-22-10-24)12-4-7-14(15(8-12)17(18,19)20)11-2-5-13(21)6-3-11/h2-8,10H,9,21H2,1H3,(H,22,24)/b23-16+. The average molecular weight is 351 g/mol. The Morgan fingerprint density at radius 1 is 1.24 bits per heavy atom. The molecule has 0 aliphatic heterocycles. The number of methoxy groups -OCH3 is 1. The van der Waals surface area contributed by atoms with E-state index in [0.29, 0.717) is 17.7 Å². The number of nitrogens with zero attached hydrogens (tertiary/aromatic N) is 1. The first-order valence-electron chi connectivity index (χ1n) is 7.19. The van der Waals surface area contributed by atoms with Gasteiger partial charge in [0.15, 0.2) is 0 Å². The van der Waals surface area contributed by atoms with Gasteiger partial charge < -0.3 is 10.5 Å². The van der Waals surface area contributed by atoms with Crippen molar-refractivity contribution in [2.24, 2.45) is 5.10 Å². The number of anilines is 1. The van der Waals surface area contributed by atoms with E-state index in [2.05, 4.69) is 10.5 Å². The SMILES string of the molecule is COC/C(=N\NC=O)c1ccc(-c2ccc(N)cc2)c(C(F)(F)F)c1. The van der Waals surface area contributed by atoms with Crippen molar-refractivity contribution in [3.8, 4) is 11.1 Å². The minimum atomic E-state index is -4.57. The quantitative estimate of drug-likeness (QED) is 0.363. The number of nitrogens with one attached hydrogen (secondary N) is 1. The monoisotopic (exact) mass is 351 g/mol. The van der Waals surface area contributed by atoms with Gasteiger partial charge in [0.1, 0.15) is 0 Å². The molecule has 2 rings (SSSR count). The third-order valence-electron chi connectivity index (χ3n) is 3.41. The molecule has 0 fully saturated rings. The van der Waals surface area contributed by atoms with Crippen LogP contribution in [0.25, 0.3) is 11.1 Å². The highest BCUT2D eigenvalue weighted by molar-refractivity contribution is 6.02. The second-order valence-corrected chi connectivity index (χ2v) is 5.12. The van der Waals surface area contributed by atoms with Crippen LogP contribution in [0.2, 0.25) is 0 Å². The minimum Gasteiger partial charge on any atom is -0.399 e. The van der Waals surface area contributed by atoms with Gasteiger partial charge in [-0.05, 0) is 29.3 Å². The number of amides is 1. The Labute approximate surface area is 142 Å². The Balaban J connectivity index is 2.57. The van der Waals surface area contributed by atoms with Gasteiger partial charge in [-0.1, -0.05) is 24.3 Å². The van der Waals surface area contributed by atoms with Crippen molar-refractivity contribution in [2.45, 2.75) is 6.18 Å². The Hall–Kier alpha value is -2.87. The van der Waals surface area contributed by atoms with Crippen molar-refractivity contribution >= 4 is 17.8 Å². The molecule has 25 heavy (non-hydrogen) atoms. The lowest BCUT2D eigenvalue weighted by atomic mass is 9.95. The maximum Gasteiger partial charge on any atom is 0.417 e. The molecule has 2 aromatic rings. The van der Waals surface area contributed by atoms with Gasteiger partial charge in [0.05, 0.1) is 17.9 Å². The zero-order chi connectivity index (χ0) is 18.4. The zero-order valence-electron chi connectivity index (χ0n) is 13.3. The van der Waals surface area contributed by atoms with E-state index in [1.54, 1.807) is 0 Å². The van der Waals surface area contributed by atoms with E-state index in [1.165, 1.54) is 43.5 Å². The van der Waals surface area contributed by atoms with Crippen molar-refractivity contribution in [1.82, 2.24) is 5.43 Å². The minimum absolute atomic E-state index is 0.0244. The number of halogens is 3. The van der Waals surface area contributed by atoms with Crippen molar-refractivity contribution in [3.63, 3.8) is 0 Å². The average Bonchev–Trinajstić information content (AvgIpc) is 2.58. The number of nitrogen functional groups attached to an aromatic ring is 1. The largest absolute Gasteiger partial charge is 0.417 e. The Kier molecular flexibility index (Phi) is 5.76. The third-order valence-corrected chi connectivity index (χ3v) is 3.41. The molecule has 132 valence electrons. The number of hydrogen-bond acceptors (Lipinski definition) is 4. The summed E-state index contributed by atoms with van der Waals surface area (Å²) in [5.41, 5.74) is 8.09. The molecule has 2 aromatic carbocycles. The number of carbonyl (C=O) groups excluding carboxylic acids is 1. The molecular formula is C17H16F3N3O2. The lowest BCUT2D eigenvalue weighted by molar-refractivity contribution is -0.137. The molecule has 0 bridgehead atoms. The summed E-state index contributed by atoms with van der Waals surface area (Å²) in [5, 5.41) is 3.73. The van der Waals surface area contributed by atoms with E-state index in [0.717, 1.165) is 6.07 Å². The molecule has 1 amide bonds. The lowest BCUT2D eigenvalue weighted by Crippen LogP contribution is -2.16. The van der Waals surface area contributed by atoms with E-state index in [1.807, 2.05) is 0 Å². The van der Waals surface area contributed by atoms with Gasteiger partial charge >= 0.3 is 6.18 Å². The van der Waals surface area contributed by atoms with Crippen molar-refractivity contribution < 1.29 is 22.7 Å². The summed E-state index contributed by atoms with van der Waals surface area (Å²) in [5.74, 6) is 0. The van der Waals surface area contributed by atoms with Crippen molar-refractivity contribution in [1.29, 1.82) is 0 Å². The molecule has 0 saturated carbocycles. The molecular weight excluding hydrogens is 335 g/mol. The molecule has 0 saturated heterocycles. The highest BCUT2D eigenvalue weighted by Gasteiger charge is 2.34. The number of carbonyl (C=O) groups is 1. The summed E-state index contributed by atoms with van der Waals surface area (Å²) in [4.78, 5) is 10.4. The zero-order valence-corrected chi connectivity index (χ0v) is 13.3. The van der Waals surface area contributed by atoms with Gasteiger partial charge in [0.25, 0.3) is 0 Å². The van der Waals surface area contributed by atoms with Crippen LogP contribution in [-0.2, 0) is 15.7 Å². The van der Waals surface area contributed by atoms with Crippen molar-refractivity contribution in [2.75, 3.05) is 19.5 Å². The molecule has 0 spiro atoms. The fourth-order valence-corrected chi connectivity index (χ4v) is 2.29. The predicted octanol–water partition coefficient (Wildman–Crippen LogP) is 3.05. The molecule has 3 N–H and O–H groups in total. The summed E-state index contributed by atoms with van der Waals surface area (Å²) in [7, 11) is 1.38. The van der Waals surface area contributed by atoms with Gasteiger partial charge in [0.2, 0.25) is 6.41 Å². The van der Waals surface area contributed by atoms with Crippen LogP contribution in [0.5, 0.6) is 0 Å². The van der Waals surface area contributed by atoms with E-state index >= 15 is 0 Å². The van der Waals surface area contributed by atoms with E-state index in [4.69, 9.17) is 10.5 Å². The Bertz CT molecular complexity index is 772. The smallest absolute Gasteiger partial charge is 0.399 e. The van der Waals surface area contributed by atoms with Crippen LogP contribution >= 0.6 is 0 Å². The Morgan fingerprint density at radius 2 is 1.92 bits per heavy atom. The number of hydrazone groups is 1. The number of benzene rings is 2. The molecule has 5 nitrogen and oxygen atoms in total. The Morgan fingerprint density at radius 3 is 2.48 bits per heavy atom. The normalized spacial score (nSPS) is 12.1. The number of alkyl halides is 3. The number of nitrogens with two attached hydrogens (primary N) is 1. The number of ether oxygens (including phenoxy) is 1. The fourth-order valence-electron chi connectivity index (χ4n) is 2.29. The highest BCUT2D eigenvalue weighted by Crippen LogP contribution is 2.38. The fraction of sp³-hybridized carbons (Fsp3) is 0.176. The van der Waals surface area contributed by atoms with Crippen LogP contribution in [0, 0.1) is 0 Å². The molecule has 0 aromatic heterocycles. The van der Waals surface area contributed by atoms with Gasteiger partial charge in [-0.25, -0.2) is 5.43 Å². The van der Waals surface area contributed by atoms with E-state index < -0.39 is 11.7 Å². The van der Waals surface area contributed by atoms with Gasteiger partial charge in [0, 0.05) is 18.4 Å². The summed E-state index contributed by atoms with van der Waals surface area (Å²) < 4.78 is 45.5. The summed E-state index contributed by atoms with van der Waals surface area (Å²) in [6.07, 6.45) is -4.24. The molecule has 0 unspecified atom stereocenters. The molecule has 0 aliphatic carbocycles. The predicted molar refractivity (Wildman–Crippen MR) is 88.9 cm³/mol. The topological polar surface area (TPSA) is 76.7 Å². The summed E-state index contributed by atoms with van der Waals surface area (Å²) in [6, 6.07) is 9.96. The second-order valence-electron chi connectivity index (χ2n) is 5.12. The van der Waals surface area contributed by atoms with Crippen LogP contribution in [0.3, 0.4) is 0 Å². The summed E-state index contributed by atoms with van der Waals surface area (Å²) in [6.45, 7) is -0.0562. The van der Waals surface area contributed by atoms with Gasteiger partial charge in [-0.2, -0.15) is 18.3 Å². The first-order chi connectivity index (χ1) is 11.9. The maximum absolute atomic E-state index is 13.5. The van der Waals surface area contributed by atoms with Crippen LogP contribution in [-0.4, -0.2) is 25.8 Å². The second kappa shape index (κ2) is 7.80. The molecule has 0 heterocycles. The van der Waals surface area contributed by atoms with Gasteiger partial charge in [-0.3, -0.25) is 4.79 Å². The molecule has 0 atom stereocenters. The number of rotatable bonds is 6. The van der Waals surface area contributed by atoms with Crippen LogP contribution in [0.1, 0.15) is 11.1 Å². The first kappa shape index (κ1) is 18.5. The molecule has 0 radical (unpaired) electrons. The molecule has 0 aliphatic rings. The number of hydrogen-bond donors (Lipinski definition) is 2.